The molecule has 110 valence electrons. The predicted molar refractivity (Wildman–Crippen MR) is 77.7 cm³/mol. The van der Waals surface area contributed by atoms with Crippen LogP contribution in [0.25, 0.3) is 0 Å². The number of carbonyl (C=O) groups excluding carboxylic acids is 2. The minimum absolute atomic E-state index is 0.124. The lowest BCUT2D eigenvalue weighted by molar-refractivity contribution is -0.122. The van der Waals surface area contributed by atoms with Crippen LogP contribution < -0.4 is 10.6 Å². The summed E-state index contributed by atoms with van der Waals surface area (Å²) in [5.74, 6) is -0.279. The van der Waals surface area contributed by atoms with Crippen molar-refractivity contribution >= 4 is 23.2 Å². The maximum atomic E-state index is 11.8. The maximum Gasteiger partial charge on any atom is 0.252 e. The molecule has 2 amide bonds. The molecule has 0 saturated heterocycles. The predicted octanol–water partition coefficient (Wildman–Crippen LogP) is 1.29. The van der Waals surface area contributed by atoms with Crippen molar-refractivity contribution in [3.8, 4) is 0 Å². The van der Waals surface area contributed by atoms with E-state index in [4.69, 9.17) is 0 Å². The van der Waals surface area contributed by atoms with Crippen LogP contribution in [0.1, 0.15) is 42.5 Å². The lowest BCUT2D eigenvalue weighted by Crippen LogP contribution is -2.45. The molecule has 1 fully saturated rings. The molecule has 1 aliphatic carbocycles. The first-order valence-electron chi connectivity index (χ1n) is 6.94. The van der Waals surface area contributed by atoms with Gasteiger partial charge in [0.25, 0.3) is 5.91 Å². The highest BCUT2D eigenvalue weighted by Gasteiger charge is 2.24. The summed E-state index contributed by atoms with van der Waals surface area (Å²) in [6.45, 7) is 0.309. The Balaban J connectivity index is 1.66. The quantitative estimate of drug-likeness (QED) is 0.766. The molecule has 0 radical (unpaired) electrons. The smallest absolute Gasteiger partial charge is 0.252 e. The van der Waals surface area contributed by atoms with Crippen LogP contribution in [-0.4, -0.2) is 35.6 Å². The Morgan fingerprint density at radius 1 is 1.35 bits per heavy atom. The zero-order valence-electron chi connectivity index (χ0n) is 11.3. The van der Waals surface area contributed by atoms with Crippen LogP contribution in [0.5, 0.6) is 0 Å². The van der Waals surface area contributed by atoms with E-state index in [9.17, 15) is 14.7 Å². The molecule has 0 bridgehead atoms. The van der Waals surface area contributed by atoms with Crippen LogP contribution in [0.15, 0.2) is 16.8 Å². The average molecular weight is 296 g/mol. The lowest BCUT2D eigenvalue weighted by Gasteiger charge is -2.28. The molecule has 1 aromatic rings. The maximum absolute atomic E-state index is 11.8. The molecular formula is C14H20N2O3S. The van der Waals surface area contributed by atoms with E-state index in [1.165, 1.54) is 11.3 Å². The summed E-state index contributed by atoms with van der Waals surface area (Å²) in [4.78, 5) is 23.4. The molecule has 0 aliphatic heterocycles. The van der Waals surface area contributed by atoms with E-state index < -0.39 is 6.10 Å². The van der Waals surface area contributed by atoms with Crippen LogP contribution in [0.4, 0.5) is 0 Å². The topological polar surface area (TPSA) is 78.4 Å². The van der Waals surface area contributed by atoms with Crippen LogP contribution in [0.3, 0.4) is 0 Å². The fourth-order valence-electron chi connectivity index (χ4n) is 2.34. The van der Waals surface area contributed by atoms with Crippen molar-refractivity contribution in [2.24, 2.45) is 0 Å². The molecule has 2 atom stereocenters. The first-order chi connectivity index (χ1) is 9.66. The van der Waals surface area contributed by atoms with Crippen molar-refractivity contribution < 1.29 is 14.7 Å². The normalized spacial score (nSPS) is 22.2. The van der Waals surface area contributed by atoms with Crippen molar-refractivity contribution in [3.05, 3.63) is 22.4 Å². The summed E-state index contributed by atoms with van der Waals surface area (Å²) >= 11 is 1.46. The molecule has 2 rings (SSSR count). The first kappa shape index (κ1) is 15.0. The molecule has 1 aliphatic rings. The Kier molecular flexibility index (Phi) is 5.55. The third kappa shape index (κ3) is 4.31. The lowest BCUT2D eigenvalue weighted by atomic mass is 9.92. The number of thiophene rings is 1. The second-order valence-electron chi connectivity index (χ2n) is 5.04. The summed E-state index contributed by atoms with van der Waals surface area (Å²) in [6.07, 6.45) is 3.43. The molecule has 1 aromatic heterocycles. The minimum atomic E-state index is -0.437. The van der Waals surface area contributed by atoms with Gasteiger partial charge in [0, 0.05) is 23.9 Å². The zero-order valence-corrected chi connectivity index (χ0v) is 12.1. The van der Waals surface area contributed by atoms with Gasteiger partial charge in [-0.25, -0.2) is 0 Å². The highest BCUT2D eigenvalue weighted by molar-refractivity contribution is 7.08. The second kappa shape index (κ2) is 7.40. The molecule has 2 unspecified atom stereocenters. The third-order valence-electron chi connectivity index (χ3n) is 3.50. The van der Waals surface area contributed by atoms with Crippen LogP contribution in [0.2, 0.25) is 0 Å². The van der Waals surface area contributed by atoms with Crippen LogP contribution in [-0.2, 0) is 4.79 Å². The summed E-state index contributed by atoms with van der Waals surface area (Å²) in [5, 5.41) is 18.9. The van der Waals surface area contributed by atoms with E-state index in [0.717, 1.165) is 25.7 Å². The molecule has 1 heterocycles. The summed E-state index contributed by atoms with van der Waals surface area (Å²) in [7, 11) is 0. The number of hydrogen-bond acceptors (Lipinski definition) is 4. The molecule has 1 saturated carbocycles. The Bertz CT molecular complexity index is 447. The van der Waals surface area contributed by atoms with Gasteiger partial charge in [0.05, 0.1) is 12.1 Å². The monoisotopic (exact) mass is 296 g/mol. The SMILES string of the molecule is O=C(CCNC(=O)c1ccsc1)NC1CCCCC1O. The van der Waals surface area contributed by atoms with E-state index in [1.54, 1.807) is 11.4 Å². The van der Waals surface area contributed by atoms with Gasteiger partial charge in [-0.2, -0.15) is 11.3 Å². The van der Waals surface area contributed by atoms with E-state index >= 15 is 0 Å². The molecule has 0 spiro atoms. The van der Waals surface area contributed by atoms with Gasteiger partial charge in [-0.15, -0.1) is 0 Å². The van der Waals surface area contributed by atoms with E-state index in [0.29, 0.717) is 12.1 Å². The molecule has 6 heteroatoms. The van der Waals surface area contributed by atoms with Gasteiger partial charge >= 0.3 is 0 Å². The number of rotatable bonds is 5. The van der Waals surface area contributed by atoms with Gasteiger partial charge in [0.1, 0.15) is 0 Å². The number of aliphatic hydroxyl groups is 1. The molecular weight excluding hydrogens is 276 g/mol. The zero-order chi connectivity index (χ0) is 14.4. The van der Waals surface area contributed by atoms with Crippen molar-refractivity contribution in [1.82, 2.24) is 10.6 Å². The minimum Gasteiger partial charge on any atom is -0.391 e. The summed E-state index contributed by atoms with van der Waals surface area (Å²) in [6, 6.07) is 1.61. The fraction of sp³-hybridized carbons (Fsp3) is 0.571. The number of carbonyl (C=O) groups is 2. The summed E-state index contributed by atoms with van der Waals surface area (Å²) in [5.41, 5.74) is 0.623. The van der Waals surface area contributed by atoms with E-state index in [1.807, 2.05) is 5.38 Å². The Morgan fingerprint density at radius 2 is 2.15 bits per heavy atom. The Hall–Kier alpha value is -1.40. The van der Waals surface area contributed by atoms with Crippen molar-refractivity contribution in [1.29, 1.82) is 0 Å². The van der Waals surface area contributed by atoms with Gasteiger partial charge in [-0.3, -0.25) is 9.59 Å². The van der Waals surface area contributed by atoms with Gasteiger partial charge in [0.2, 0.25) is 5.91 Å². The first-order valence-corrected chi connectivity index (χ1v) is 7.89. The summed E-state index contributed by atoms with van der Waals surface area (Å²) < 4.78 is 0. The number of nitrogens with one attached hydrogen (secondary N) is 2. The number of amides is 2. The van der Waals surface area contributed by atoms with Gasteiger partial charge in [-0.1, -0.05) is 12.8 Å². The Morgan fingerprint density at radius 3 is 2.85 bits per heavy atom. The van der Waals surface area contributed by atoms with Crippen molar-refractivity contribution in [2.75, 3.05) is 6.54 Å². The number of hydrogen-bond donors (Lipinski definition) is 3. The van der Waals surface area contributed by atoms with Crippen molar-refractivity contribution in [3.63, 3.8) is 0 Å². The number of aliphatic hydroxyl groups excluding tert-OH is 1. The molecule has 5 nitrogen and oxygen atoms in total. The third-order valence-corrected chi connectivity index (χ3v) is 4.18. The largest absolute Gasteiger partial charge is 0.391 e. The van der Waals surface area contributed by atoms with Crippen LogP contribution in [0, 0.1) is 0 Å². The molecule has 20 heavy (non-hydrogen) atoms. The van der Waals surface area contributed by atoms with Crippen LogP contribution >= 0.6 is 11.3 Å². The fourth-order valence-corrected chi connectivity index (χ4v) is 2.98. The molecule has 0 aromatic carbocycles. The highest BCUT2D eigenvalue weighted by Crippen LogP contribution is 2.18. The second-order valence-corrected chi connectivity index (χ2v) is 5.82. The Labute approximate surface area is 122 Å². The van der Waals surface area contributed by atoms with Gasteiger partial charge < -0.3 is 15.7 Å². The molecule has 3 N–H and O–H groups in total. The highest BCUT2D eigenvalue weighted by atomic mass is 32.1. The van der Waals surface area contributed by atoms with Gasteiger partial charge in [-0.05, 0) is 24.3 Å². The van der Waals surface area contributed by atoms with E-state index in [2.05, 4.69) is 10.6 Å². The average Bonchev–Trinajstić information content (AvgIpc) is 2.95. The standard InChI is InChI=1S/C14H20N2O3S/c17-12-4-2-1-3-11(12)16-13(18)5-7-15-14(19)10-6-8-20-9-10/h6,8-9,11-12,17H,1-5,7H2,(H,15,19)(H,16,18). The van der Waals surface area contributed by atoms with Gasteiger partial charge in [0.15, 0.2) is 0 Å². The van der Waals surface area contributed by atoms with Crippen molar-refractivity contribution in [2.45, 2.75) is 44.2 Å². The van der Waals surface area contributed by atoms with E-state index in [-0.39, 0.29) is 24.3 Å².